The molecule has 4 rings (SSSR count). The van der Waals surface area contributed by atoms with Gasteiger partial charge in [0, 0.05) is 0 Å². The topological polar surface area (TPSA) is 155 Å². The summed E-state index contributed by atoms with van der Waals surface area (Å²) >= 11 is 5.94. The van der Waals surface area contributed by atoms with E-state index in [1.807, 2.05) is 0 Å². The number of nitrogens with one attached hydrogen (secondary N) is 1. The molecule has 0 bridgehead atoms. The average Bonchev–Trinajstić information content (AvgIpc) is 3.32. The number of halogens is 3. The van der Waals surface area contributed by atoms with Gasteiger partial charge in [0.15, 0.2) is 41.8 Å². The van der Waals surface area contributed by atoms with Crippen LogP contribution in [0, 0.1) is 0 Å². The molecule has 29 heavy (non-hydrogen) atoms. The number of anilines is 1. The molecular formula is C15H18ClF2N5O6. The first-order valence-electron chi connectivity index (χ1n) is 8.69. The van der Waals surface area contributed by atoms with Crippen molar-refractivity contribution in [2.45, 2.75) is 49.2 Å². The Kier molecular flexibility index (Phi) is 5.54. The van der Waals surface area contributed by atoms with Crippen molar-refractivity contribution >= 4 is 28.6 Å². The Morgan fingerprint density at radius 1 is 1.07 bits per heavy atom. The second kappa shape index (κ2) is 7.83. The molecule has 2 aromatic heterocycles. The van der Waals surface area contributed by atoms with Gasteiger partial charge in [-0.05, 0) is 11.6 Å². The Hall–Kier alpha value is -1.74. The second-order valence-corrected chi connectivity index (χ2v) is 7.04. The highest BCUT2D eigenvalue weighted by Gasteiger charge is 2.46. The first-order valence-corrected chi connectivity index (χ1v) is 9.07. The SMILES string of the molecule is OC[C@H]1O[C@@H](Nc2nc(Cl)nc3c2ncn3[C@@H]2O[C@H](CO)[C@@H](O)[C@@H]2F)[C@@H](F)[C@@H]1O. The fourth-order valence-electron chi connectivity index (χ4n) is 3.38. The summed E-state index contributed by atoms with van der Waals surface area (Å²) in [6.45, 7) is -1.17. The van der Waals surface area contributed by atoms with Crippen molar-refractivity contribution in [1.82, 2.24) is 19.5 Å². The van der Waals surface area contributed by atoms with Crippen LogP contribution >= 0.6 is 11.6 Å². The van der Waals surface area contributed by atoms with Crippen molar-refractivity contribution in [3.8, 4) is 0 Å². The maximum atomic E-state index is 14.5. The maximum Gasteiger partial charge on any atom is 0.226 e. The largest absolute Gasteiger partial charge is 0.394 e. The third kappa shape index (κ3) is 3.42. The van der Waals surface area contributed by atoms with E-state index >= 15 is 0 Å². The van der Waals surface area contributed by atoms with Crippen LogP contribution in [0.5, 0.6) is 0 Å². The summed E-state index contributed by atoms with van der Waals surface area (Å²) in [5.74, 6) is -0.0511. The molecule has 0 aliphatic carbocycles. The van der Waals surface area contributed by atoms with Gasteiger partial charge in [-0.15, -0.1) is 0 Å². The second-order valence-electron chi connectivity index (χ2n) is 6.71. The number of nitrogens with zero attached hydrogens (tertiary/aromatic N) is 4. The van der Waals surface area contributed by atoms with E-state index in [2.05, 4.69) is 20.3 Å². The maximum absolute atomic E-state index is 14.5. The van der Waals surface area contributed by atoms with Gasteiger partial charge in [-0.3, -0.25) is 4.57 Å². The zero-order valence-electron chi connectivity index (χ0n) is 14.6. The van der Waals surface area contributed by atoms with Crippen molar-refractivity contribution < 1.29 is 38.7 Å². The summed E-state index contributed by atoms with van der Waals surface area (Å²) in [6.07, 6.45) is -10.6. The number of aliphatic hydroxyl groups is 4. The molecule has 2 aromatic rings. The van der Waals surface area contributed by atoms with Gasteiger partial charge < -0.3 is 35.2 Å². The fraction of sp³-hybridized carbons (Fsp3) is 0.667. The Bertz CT molecular complexity index is 892. The van der Waals surface area contributed by atoms with Gasteiger partial charge in [-0.2, -0.15) is 9.97 Å². The lowest BCUT2D eigenvalue weighted by Crippen LogP contribution is -2.33. The van der Waals surface area contributed by atoms with Crippen LogP contribution in [-0.2, 0) is 9.47 Å². The number of rotatable bonds is 5. The highest BCUT2D eigenvalue weighted by molar-refractivity contribution is 6.28. The first-order chi connectivity index (χ1) is 13.8. The van der Waals surface area contributed by atoms with E-state index in [4.69, 9.17) is 26.2 Å². The predicted molar refractivity (Wildman–Crippen MR) is 92.5 cm³/mol. The molecule has 0 radical (unpaired) electrons. The number of imidazole rings is 1. The summed E-state index contributed by atoms with van der Waals surface area (Å²) in [4.78, 5) is 12.0. The predicted octanol–water partition coefficient (Wildman–Crippen LogP) is -1.10. The van der Waals surface area contributed by atoms with Gasteiger partial charge in [-0.1, -0.05) is 0 Å². The zero-order chi connectivity index (χ0) is 20.9. The van der Waals surface area contributed by atoms with Crippen LogP contribution in [0.15, 0.2) is 6.33 Å². The molecule has 8 atom stereocenters. The molecule has 0 spiro atoms. The highest BCUT2D eigenvalue weighted by Crippen LogP contribution is 2.35. The minimum Gasteiger partial charge on any atom is -0.394 e. The van der Waals surface area contributed by atoms with Crippen LogP contribution in [0.2, 0.25) is 5.28 Å². The number of alkyl halides is 2. The van der Waals surface area contributed by atoms with Gasteiger partial charge in [0.05, 0.1) is 19.5 Å². The molecular weight excluding hydrogens is 420 g/mol. The first kappa shape index (κ1) is 20.5. The summed E-state index contributed by atoms with van der Waals surface area (Å²) in [5, 5.41) is 40.2. The van der Waals surface area contributed by atoms with Gasteiger partial charge in [0.1, 0.15) is 24.4 Å². The molecule has 0 amide bonds. The number of ether oxygens (including phenoxy) is 2. The minimum atomic E-state index is -1.87. The molecule has 4 heterocycles. The van der Waals surface area contributed by atoms with Crippen LogP contribution in [0.25, 0.3) is 11.2 Å². The molecule has 2 aliphatic rings. The number of hydrogen-bond donors (Lipinski definition) is 5. The minimum absolute atomic E-state index is 0.0265. The third-order valence-electron chi connectivity index (χ3n) is 4.92. The van der Waals surface area contributed by atoms with E-state index in [1.165, 1.54) is 10.9 Å². The molecule has 160 valence electrons. The number of aromatic nitrogens is 4. The van der Waals surface area contributed by atoms with Crippen molar-refractivity contribution in [3.63, 3.8) is 0 Å². The number of aliphatic hydroxyl groups excluding tert-OH is 4. The molecule has 0 aromatic carbocycles. The molecule has 11 nitrogen and oxygen atoms in total. The van der Waals surface area contributed by atoms with E-state index in [9.17, 15) is 24.1 Å². The van der Waals surface area contributed by atoms with E-state index in [0.717, 1.165) is 0 Å². The van der Waals surface area contributed by atoms with E-state index in [0.29, 0.717) is 0 Å². The normalized spacial score (nSPS) is 37.5. The molecule has 0 saturated carbocycles. The molecule has 5 N–H and O–H groups in total. The third-order valence-corrected chi connectivity index (χ3v) is 5.09. The van der Waals surface area contributed by atoms with Crippen LogP contribution in [0.1, 0.15) is 6.23 Å². The summed E-state index contributed by atoms with van der Waals surface area (Å²) in [6, 6.07) is 0. The van der Waals surface area contributed by atoms with E-state index in [1.54, 1.807) is 0 Å². The fourth-order valence-corrected chi connectivity index (χ4v) is 3.55. The van der Waals surface area contributed by atoms with Crippen molar-refractivity contribution in [2.24, 2.45) is 0 Å². The van der Waals surface area contributed by atoms with Gasteiger partial charge >= 0.3 is 0 Å². The molecule has 2 aliphatic heterocycles. The van der Waals surface area contributed by atoms with Crippen LogP contribution in [0.3, 0.4) is 0 Å². The van der Waals surface area contributed by atoms with Crippen LogP contribution in [-0.4, -0.2) is 96.1 Å². The molecule has 0 unspecified atom stereocenters. The standard InChI is InChI=1S/C15H18ClF2N5O6/c16-15-21-11(20-13-6(17)9(26)4(1-24)28-13)8-12(22-15)23(3-19-8)14-7(18)10(27)5(2-25)29-14/h3-7,9-10,13-14,24-27H,1-2H2,(H,20,21,22)/t4-,5-,6+,7+,9-,10-,13-,14-/m1/s1. The lowest BCUT2D eigenvalue weighted by atomic mass is 10.1. The Morgan fingerprint density at radius 2 is 1.72 bits per heavy atom. The lowest BCUT2D eigenvalue weighted by Gasteiger charge is -2.17. The molecule has 2 fully saturated rings. The quantitative estimate of drug-likeness (QED) is 0.364. The lowest BCUT2D eigenvalue weighted by molar-refractivity contribution is -0.0459. The van der Waals surface area contributed by atoms with Crippen LogP contribution in [0.4, 0.5) is 14.6 Å². The van der Waals surface area contributed by atoms with Crippen molar-refractivity contribution in [1.29, 1.82) is 0 Å². The monoisotopic (exact) mass is 437 g/mol. The van der Waals surface area contributed by atoms with Crippen molar-refractivity contribution in [2.75, 3.05) is 18.5 Å². The highest BCUT2D eigenvalue weighted by atomic mass is 35.5. The smallest absolute Gasteiger partial charge is 0.226 e. The zero-order valence-corrected chi connectivity index (χ0v) is 15.4. The Balaban J connectivity index is 1.66. The van der Waals surface area contributed by atoms with Gasteiger partial charge in [0.2, 0.25) is 5.28 Å². The number of hydrogen-bond acceptors (Lipinski definition) is 10. The number of fused-ring (bicyclic) bond motifs is 1. The van der Waals surface area contributed by atoms with E-state index in [-0.39, 0.29) is 22.3 Å². The van der Waals surface area contributed by atoms with Gasteiger partial charge in [0.25, 0.3) is 0 Å². The molecule has 2 saturated heterocycles. The van der Waals surface area contributed by atoms with Crippen LogP contribution < -0.4 is 5.32 Å². The summed E-state index contributed by atoms with van der Waals surface area (Å²) < 4.78 is 40.5. The summed E-state index contributed by atoms with van der Waals surface area (Å²) in [7, 11) is 0. The van der Waals surface area contributed by atoms with E-state index < -0.39 is 62.4 Å². The Labute approximate surface area is 166 Å². The Morgan fingerprint density at radius 3 is 2.34 bits per heavy atom. The van der Waals surface area contributed by atoms with Gasteiger partial charge in [-0.25, -0.2) is 13.8 Å². The van der Waals surface area contributed by atoms with Crippen molar-refractivity contribution in [3.05, 3.63) is 11.6 Å². The molecule has 14 heteroatoms. The summed E-state index contributed by atoms with van der Waals surface area (Å²) in [5.41, 5.74) is 0.100. The average molecular weight is 438 g/mol.